The Kier molecular flexibility index (Phi) is 4.02. The molecule has 0 atom stereocenters. The topological polar surface area (TPSA) is 87.0 Å². The average Bonchev–Trinajstić information content (AvgIpc) is 2.65. The van der Waals surface area contributed by atoms with Crippen LogP contribution in [0.5, 0.6) is 17.8 Å². The highest BCUT2D eigenvalue weighted by atomic mass is 16.5. The largest absolute Gasteiger partial charge is 0.464 e. The third-order valence-corrected chi connectivity index (χ3v) is 2.73. The molecule has 0 amide bonds. The maximum absolute atomic E-state index is 5.72. The standard InChI is InChI=1S/C12H18N6O2/c1-6-19-11-14-10(13-4)15-12(16-11)20-9-7(2)17-18(5)8(9)3/h6H2,1-5H3,(H,13,14,15,16). The van der Waals surface area contributed by atoms with Crippen LogP contribution in [0.3, 0.4) is 0 Å². The molecule has 8 nitrogen and oxygen atoms in total. The number of rotatable bonds is 5. The van der Waals surface area contributed by atoms with Gasteiger partial charge in [-0.25, -0.2) is 0 Å². The lowest BCUT2D eigenvalue weighted by Gasteiger charge is -2.08. The molecule has 0 aliphatic carbocycles. The van der Waals surface area contributed by atoms with Gasteiger partial charge in [0.05, 0.1) is 12.3 Å². The number of ether oxygens (including phenoxy) is 2. The van der Waals surface area contributed by atoms with Crippen LogP contribution in [-0.2, 0) is 7.05 Å². The maximum atomic E-state index is 5.72. The zero-order valence-electron chi connectivity index (χ0n) is 12.3. The van der Waals surface area contributed by atoms with Gasteiger partial charge in [0.1, 0.15) is 5.69 Å². The van der Waals surface area contributed by atoms with E-state index < -0.39 is 0 Å². The highest BCUT2D eigenvalue weighted by Crippen LogP contribution is 2.26. The molecule has 0 bridgehead atoms. The highest BCUT2D eigenvalue weighted by molar-refractivity contribution is 5.35. The first-order chi connectivity index (χ1) is 9.55. The summed E-state index contributed by atoms with van der Waals surface area (Å²) in [4.78, 5) is 12.3. The van der Waals surface area contributed by atoms with Gasteiger partial charge >= 0.3 is 12.0 Å². The van der Waals surface area contributed by atoms with Crippen LogP contribution in [0, 0.1) is 13.8 Å². The molecule has 2 rings (SSSR count). The second kappa shape index (κ2) is 5.72. The minimum Gasteiger partial charge on any atom is -0.464 e. The van der Waals surface area contributed by atoms with Crippen molar-refractivity contribution in [3.8, 4) is 17.8 Å². The van der Waals surface area contributed by atoms with E-state index in [1.165, 1.54) is 0 Å². The lowest BCUT2D eigenvalue weighted by molar-refractivity contribution is 0.303. The van der Waals surface area contributed by atoms with Crippen molar-refractivity contribution in [2.24, 2.45) is 7.05 Å². The molecule has 2 aromatic rings. The molecule has 0 saturated heterocycles. The molecular formula is C12H18N6O2. The summed E-state index contributed by atoms with van der Waals surface area (Å²) in [5, 5.41) is 7.13. The van der Waals surface area contributed by atoms with E-state index >= 15 is 0 Å². The molecule has 0 aliphatic heterocycles. The Morgan fingerprint density at radius 1 is 1.15 bits per heavy atom. The molecule has 108 valence electrons. The van der Waals surface area contributed by atoms with E-state index in [9.17, 15) is 0 Å². The minimum absolute atomic E-state index is 0.173. The molecule has 2 aromatic heterocycles. The molecule has 0 spiro atoms. The molecule has 0 radical (unpaired) electrons. The summed E-state index contributed by atoms with van der Waals surface area (Å²) >= 11 is 0. The van der Waals surface area contributed by atoms with Crippen LogP contribution in [0.25, 0.3) is 0 Å². The van der Waals surface area contributed by atoms with Crippen molar-refractivity contribution in [2.75, 3.05) is 19.0 Å². The van der Waals surface area contributed by atoms with Gasteiger partial charge in [-0.3, -0.25) is 4.68 Å². The van der Waals surface area contributed by atoms with Crippen LogP contribution in [0.4, 0.5) is 5.95 Å². The predicted octanol–water partition coefficient (Wildman–Crippen LogP) is 1.45. The minimum atomic E-state index is 0.173. The smallest absolute Gasteiger partial charge is 0.330 e. The summed E-state index contributed by atoms with van der Waals surface area (Å²) in [5.41, 5.74) is 1.67. The SMILES string of the molecule is CCOc1nc(NC)nc(Oc2c(C)nn(C)c2C)n1. The molecular weight excluding hydrogens is 260 g/mol. The Morgan fingerprint density at radius 3 is 2.40 bits per heavy atom. The van der Waals surface area contributed by atoms with Crippen molar-refractivity contribution < 1.29 is 9.47 Å². The van der Waals surface area contributed by atoms with E-state index in [2.05, 4.69) is 25.4 Å². The Bertz CT molecular complexity index is 610. The third-order valence-electron chi connectivity index (χ3n) is 2.73. The van der Waals surface area contributed by atoms with E-state index in [1.807, 2.05) is 27.8 Å². The fourth-order valence-electron chi connectivity index (χ4n) is 1.68. The molecule has 0 unspecified atom stereocenters. The van der Waals surface area contributed by atoms with Gasteiger partial charge < -0.3 is 14.8 Å². The molecule has 1 N–H and O–H groups in total. The number of nitrogens with one attached hydrogen (secondary N) is 1. The second-order valence-corrected chi connectivity index (χ2v) is 4.13. The van der Waals surface area contributed by atoms with E-state index in [0.717, 1.165) is 11.4 Å². The Balaban J connectivity index is 2.34. The van der Waals surface area contributed by atoms with Crippen LogP contribution in [-0.4, -0.2) is 38.4 Å². The zero-order chi connectivity index (χ0) is 14.7. The van der Waals surface area contributed by atoms with Gasteiger partial charge in [0.25, 0.3) is 0 Å². The van der Waals surface area contributed by atoms with Gasteiger partial charge in [-0.1, -0.05) is 0 Å². The molecule has 0 aliphatic rings. The summed E-state index contributed by atoms with van der Waals surface area (Å²) in [5.74, 6) is 1.03. The number of aryl methyl sites for hydroxylation is 2. The summed E-state index contributed by atoms with van der Waals surface area (Å²) in [6.07, 6.45) is 0. The number of hydrogen-bond donors (Lipinski definition) is 1. The summed E-state index contributed by atoms with van der Waals surface area (Å²) < 4.78 is 12.8. The quantitative estimate of drug-likeness (QED) is 0.885. The summed E-state index contributed by atoms with van der Waals surface area (Å²) in [6.45, 7) is 6.11. The molecule has 8 heteroatoms. The predicted molar refractivity (Wildman–Crippen MR) is 73.3 cm³/mol. The number of hydrogen-bond acceptors (Lipinski definition) is 7. The second-order valence-electron chi connectivity index (χ2n) is 4.13. The van der Waals surface area contributed by atoms with Crippen LogP contribution < -0.4 is 14.8 Å². The van der Waals surface area contributed by atoms with Crippen molar-refractivity contribution in [1.29, 1.82) is 0 Å². The molecule has 0 fully saturated rings. The first kappa shape index (κ1) is 14.0. The van der Waals surface area contributed by atoms with Crippen molar-refractivity contribution in [3.05, 3.63) is 11.4 Å². The number of aromatic nitrogens is 5. The Morgan fingerprint density at radius 2 is 1.85 bits per heavy atom. The van der Waals surface area contributed by atoms with Crippen molar-refractivity contribution in [2.45, 2.75) is 20.8 Å². The molecule has 20 heavy (non-hydrogen) atoms. The van der Waals surface area contributed by atoms with Gasteiger partial charge in [-0.15, -0.1) is 4.98 Å². The fourth-order valence-corrected chi connectivity index (χ4v) is 1.68. The normalized spacial score (nSPS) is 10.4. The van der Waals surface area contributed by atoms with Gasteiger partial charge in [0.15, 0.2) is 5.75 Å². The molecule has 0 aromatic carbocycles. The van der Waals surface area contributed by atoms with E-state index in [0.29, 0.717) is 18.3 Å². The average molecular weight is 278 g/mol. The summed E-state index contributed by atoms with van der Waals surface area (Å²) in [6, 6.07) is 0.396. The Hall–Kier alpha value is -2.38. The van der Waals surface area contributed by atoms with Gasteiger partial charge in [-0.05, 0) is 20.8 Å². The summed E-state index contributed by atoms with van der Waals surface area (Å²) in [7, 11) is 3.57. The van der Waals surface area contributed by atoms with Crippen molar-refractivity contribution in [3.63, 3.8) is 0 Å². The van der Waals surface area contributed by atoms with Gasteiger partial charge in [-0.2, -0.15) is 15.1 Å². The van der Waals surface area contributed by atoms with Gasteiger partial charge in [0.2, 0.25) is 5.95 Å². The zero-order valence-corrected chi connectivity index (χ0v) is 12.3. The van der Waals surface area contributed by atoms with Crippen molar-refractivity contribution >= 4 is 5.95 Å². The number of nitrogens with zero attached hydrogens (tertiary/aromatic N) is 5. The van der Waals surface area contributed by atoms with E-state index in [4.69, 9.17) is 9.47 Å². The lowest BCUT2D eigenvalue weighted by Crippen LogP contribution is -2.05. The van der Waals surface area contributed by atoms with Gasteiger partial charge in [0, 0.05) is 14.1 Å². The molecule has 2 heterocycles. The monoisotopic (exact) mass is 278 g/mol. The third kappa shape index (κ3) is 2.79. The van der Waals surface area contributed by atoms with Crippen LogP contribution >= 0.6 is 0 Å². The Labute approximate surface area is 117 Å². The lowest BCUT2D eigenvalue weighted by atomic mass is 10.3. The van der Waals surface area contributed by atoms with E-state index in [-0.39, 0.29) is 12.0 Å². The first-order valence-electron chi connectivity index (χ1n) is 6.29. The van der Waals surface area contributed by atoms with Crippen LogP contribution in [0.15, 0.2) is 0 Å². The van der Waals surface area contributed by atoms with Crippen LogP contribution in [0.1, 0.15) is 18.3 Å². The highest BCUT2D eigenvalue weighted by Gasteiger charge is 2.15. The fraction of sp³-hybridized carbons (Fsp3) is 0.500. The van der Waals surface area contributed by atoms with Crippen LogP contribution in [0.2, 0.25) is 0 Å². The number of anilines is 1. The van der Waals surface area contributed by atoms with E-state index in [1.54, 1.807) is 11.7 Å². The molecule has 0 saturated carbocycles. The maximum Gasteiger partial charge on any atom is 0.330 e. The first-order valence-corrected chi connectivity index (χ1v) is 6.29. The van der Waals surface area contributed by atoms with Crippen molar-refractivity contribution in [1.82, 2.24) is 24.7 Å².